The van der Waals surface area contributed by atoms with Crippen molar-refractivity contribution >= 4 is 11.0 Å². The van der Waals surface area contributed by atoms with Gasteiger partial charge in [-0.15, -0.1) is 0 Å². The molecule has 3 rings (SSSR count). The predicted molar refractivity (Wildman–Crippen MR) is 109 cm³/mol. The summed E-state index contributed by atoms with van der Waals surface area (Å²) in [5, 5.41) is 9.15. The maximum Gasteiger partial charge on any atom is 0.254 e. The van der Waals surface area contributed by atoms with Gasteiger partial charge in [-0.1, -0.05) is 39.0 Å². The van der Waals surface area contributed by atoms with Crippen molar-refractivity contribution in [3.05, 3.63) is 58.0 Å². The van der Waals surface area contributed by atoms with Crippen LogP contribution in [0.1, 0.15) is 39.0 Å². The van der Waals surface area contributed by atoms with Gasteiger partial charge in [-0.3, -0.25) is 4.79 Å². The standard InChI is InChI=1S/C21H28N4O2/c1-14(13-27-5)22-12-15-11-17-18(21(2,3)4)24-25(19(17)23-20(15)26)16-9-7-6-8-10-16/h6-11,14,22H,12-13H2,1-5H3,(H,23,26)/t14-/m1/s1. The number of nitrogens with one attached hydrogen (secondary N) is 2. The SMILES string of the molecule is COC[C@@H](C)NCc1cc2c(C(C)(C)C)nn(-c3ccccc3)c2[nH]c1=O. The molecule has 1 atom stereocenters. The minimum atomic E-state index is -0.148. The number of ether oxygens (including phenoxy) is 1. The molecule has 0 spiro atoms. The Kier molecular flexibility index (Phi) is 5.48. The molecule has 144 valence electrons. The van der Waals surface area contributed by atoms with E-state index in [1.54, 1.807) is 7.11 Å². The fourth-order valence-electron chi connectivity index (χ4n) is 3.15. The molecule has 0 bridgehead atoms. The van der Waals surface area contributed by atoms with Gasteiger partial charge in [-0.2, -0.15) is 5.10 Å². The van der Waals surface area contributed by atoms with Crippen molar-refractivity contribution in [3.63, 3.8) is 0 Å². The Morgan fingerprint density at radius 1 is 1.26 bits per heavy atom. The molecule has 0 fully saturated rings. The summed E-state index contributed by atoms with van der Waals surface area (Å²) in [7, 11) is 1.67. The van der Waals surface area contributed by atoms with Crippen LogP contribution >= 0.6 is 0 Å². The largest absolute Gasteiger partial charge is 0.383 e. The first-order valence-electron chi connectivity index (χ1n) is 9.24. The number of pyridine rings is 1. The molecule has 0 saturated carbocycles. The molecule has 0 saturated heterocycles. The Morgan fingerprint density at radius 3 is 2.59 bits per heavy atom. The molecule has 3 aromatic rings. The van der Waals surface area contributed by atoms with E-state index in [2.05, 4.69) is 31.1 Å². The summed E-state index contributed by atoms with van der Waals surface area (Å²) in [5.41, 5.74) is 3.06. The second-order valence-electron chi connectivity index (χ2n) is 7.97. The van der Waals surface area contributed by atoms with E-state index in [-0.39, 0.29) is 17.0 Å². The molecule has 0 aliphatic carbocycles. The van der Waals surface area contributed by atoms with Crippen LogP contribution in [0.25, 0.3) is 16.7 Å². The van der Waals surface area contributed by atoms with Gasteiger partial charge in [-0.25, -0.2) is 4.68 Å². The van der Waals surface area contributed by atoms with E-state index in [0.29, 0.717) is 18.7 Å². The van der Waals surface area contributed by atoms with Crippen molar-refractivity contribution in [1.82, 2.24) is 20.1 Å². The maximum atomic E-state index is 12.7. The molecular formula is C21H28N4O2. The number of aromatic nitrogens is 3. The van der Waals surface area contributed by atoms with E-state index < -0.39 is 0 Å². The van der Waals surface area contributed by atoms with Gasteiger partial charge in [0.1, 0.15) is 5.65 Å². The molecule has 2 heterocycles. The van der Waals surface area contributed by atoms with Gasteiger partial charge in [-0.05, 0) is 25.1 Å². The molecule has 0 radical (unpaired) electrons. The lowest BCUT2D eigenvalue weighted by atomic mass is 9.90. The summed E-state index contributed by atoms with van der Waals surface area (Å²) in [6.07, 6.45) is 0. The van der Waals surface area contributed by atoms with Crippen LogP contribution in [0.5, 0.6) is 0 Å². The van der Waals surface area contributed by atoms with Crippen LogP contribution in [0.4, 0.5) is 0 Å². The number of para-hydroxylation sites is 1. The molecule has 0 unspecified atom stereocenters. The van der Waals surface area contributed by atoms with Crippen molar-refractivity contribution < 1.29 is 4.74 Å². The molecule has 6 heteroatoms. The second kappa shape index (κ2) is 7.66. The van der Waals surface area contributed by atoms with Crippen molar-refractivity contribution in [3.8, 4) is 5.69 Å². The molecular weight excluding hydrogens is 340 g/mol. The first kappa shape index (κ1) is 19.3. The Hall–Kier alpha value is -2.44. The van der Waals surface area contributed by atoms with E-state index in [1.807, 2.05) is 48.0 Å². The highest BCUT2D eigenvalue weighted by Crippen LogP contribution is 2.29. The lowest BCUT2D eigenvalue weighted by Crippen LogP contribution is -2.31. The van der Waals surface area contributed by atoms with Gasteiger partial charge in [0.05, 0.1) is 18.0 Å². The summed E-state index contributed by atoms with van der Waals surface area (Å²) in [5.74, 6) is 0. The van der Waals surface area contributed by atoms with Crippen molar-refractivity contribution in [2.24, 2.45) is 0 Å². The number of methoxy groups -OCH3 is 1. The average molecular weight is 368 g/mol. The molecule has 2 aromatic heterocycles. The maximum absolute atomic E-state index is 12.7. The number of hydrogen-bond acceptors (Lipinski definition) is 4. The first-order chi connectivity index (χ1) is 12.8. The lowest BCUT2D eigenvalue weighted by Gasteiger charge is -2.16. The second-order valence-corrected chi connectivity index (χ2v) is 7.97. The van der Waals surface area contributed by atoms with Crippen LogP contribution in [-0.4, -0.2) is 34.5 Å². The quantitative estimate of drug-likeness (QED) is 0.701. The smallest absolute Gasteiger partial charge is 0.254 e. The minimum Gasteiger partial charge on any atom is -0.383 e. The molecule has 0 aliphatic rings. The fourth-order valence-corrected chi connectivity index (χ4v) is 3.15. The molecule has 0 amide bonds. The van der Waals surface area contributed by atoms with Crippen LogP contribution < -0.4 is 10.9 Å². The number of fused-ring (bicyclic) bond motifs is 1. The summed E-state index contributed by atoms with van der Waals surface area (Å²) in [4.78, 5) is 15.7. The van der Waals surface area contributed by atoms with Gasteiger partial charge in [0.25, 0.3) is 5.56 Å². The zero-order valence-corrected chi connectivity index (χ0v) is 16.7. The topological polar surface area (TPSA) is 71.9 Å². The van der Waals surface area contributed by atoms with Gasteiger partial charge in [0.15, 0.2) is 0 Å². The number of hydrogen-bond donors (Lipinski definition) is 2. The van der Waals surface area contributed by atoms with Gasteiger partial charge < -0.3 is 15.0 Å². The number of rotatable bonds is 6. The Bertz CT molecular complexity index is 967. The van der Waals surface area contributed by atoms with Crippen molar-refractivity contribution in [1.29, 1.82) is 0 Å². The van der Waals surface area contributed by atoms with Crippen molar-refractivity contribution in [2.45, 2.75) is 45.7 Å². The highest BCUT2D eigenvalue weighted by atomic mass is 16.5. The highest BCUT2D eigenvalue weighted by molar-refractivity contribution is 5.81. The third-order valence-corrected chi connectivity index (χ3v) is 4.53. The number of H-pyrrole nitrogens is 1. The number of nitrogens with zero attached hydrogens (tertiary/aromatic N) is 2. The zero-order chi connectivity index (χ0) is 19.6. The molecule has 2 N–H and O–H groups in total. The normalized spacial score (nSPS) is 13.2. The summed E-state index contributed by atoms with van der Waals surface area (Å²) in [6, 6.07) is 12.0. The highest BCUT2D eigenvalue weighted by Gasteiger charge is 2.24. The van der Waals surface area contributed by atoms with Gasteiger partial charge in [0, 0.05) is 36.1 Å². The van der Waals surface area contributed by atoms with Crippen molar-refractivity contribution in [2.75, 3.05) is 13.7 Å². The average Bonchev–Trinajstić information content (AvgIpc) is 2.99. The fraction of sp³-hybridized carbons (Fsp3) is 0.429. The molecule has 0 aliphatic heterocycles. The van der Waals surface area contributed by atoms with Crippen LogP contribution in [0.3, 0.4) is 0 Å². The Balaban J connectivity index is 2.11. The van der Waals surface area contributed by atoms with Crippen LogP contribution in [-0.2, 0) is 16.7 Å². The van der Waals surface area contributed by atoms with E-state index in [1.165, 1.54) is 0 Å². The summed E-state index contributed by atoms with van der Waals surface area (Å²) >= 11 is 0. The van der Waals surface area contributed by atoms with Gasteiger partial charge >= 0.3 is 0 Å². The van der Waals surface area contributed by atoms with Crippen LogP contribution in [0, 0.1) is 0 Å². The van der Waals surface area contributed by atoms with Crippen LogP contribution in [0.2, 0.25) is 0 Å². The first-order valence-corrected chi connectivity index (χ1v) is 9.24. The van der Waals surface area contributed by atoms with E-state index >= 15 is 0 Å². The minimum absolute atomic E-state index is 0.0999. The molecule has 1 aromatic carbocycles. The summed E-state index contributed by atoms with van der Waals surface area (Å²) in [6.45, 7) is 9.51. The Labute approximate surface area is 159 Å². The number of aromatic amines is 1. The Morgan fingerprint density at radius 2 is 1.96 bits per heavy atom. The molecule has 6 nitrogen and oxygen atoms in total. The molecule has 27 heavy (non-hydrogen) atoms. The zero-order valence-electron chi connectivity index (χ0n) is 16.7. The monoisotopic (exact) mass is 368 g/mol. The van der Waals surface area contributed by atoms with E-state index in [0.717, 1.165) is 22.4 Å². The summed E-state index contributed by atoms with van der Waals surface area (Å²) < 4.78 is 6.97. The van der Waals surface area contributed by atoms with E-state index in [4.69, 9.17) is 9.84 Å². The number of benzene rings is 1. The third kappa shape index (κ3) is 4.12. The van der Waals surface area contributed by atoms with Gasteiger partial charge in [0.2, 0.25) is 0 Å². The van der Waals surface area contributed by atoms with Crippen LogP contribution in [0.15, 0.2) is 41.2 Å². The predicted octanol–water partition coefficient (Wildman–Crippen LogP) is 3.14. The third-order valence-electron chi connectivity index (χ3n) is 4.53. The lowest BCUT2D eigenvalue weighted by molar-refractivity contribution is 0.171. The van der Waals surface area contributed by atoms with E-state index in [9.17, 15) is 4.79 Å².